The van der Waals surface area contributed by atoms with Crippen LogP contribution in [0, 0.1) is 11.6 Å². The average Bonchev–Trinajstić information content (AvgIpc) is 2.72. The number of nitrogens with two attached hydrogens (primary N) is 2. The highest BCUT2D eigenvalue weighted by molar-refractivity contribution is 5.84. The SMILES string of the molecule is NC(=O)C1CCCN1c1nc(N)c(F)cc1F. The van der Waals surface area contributed by atoms with Gasteiger partial charge in [-0.25, -0.2) is 13.8 Å². The smallest absolute Gasteiger partial charge is 0.240 e. The third kappa shape index (κ3) is 2.00. The van der Waals surface area contributed by atoms with Crippen LogP contribution >= 0.6 is 0 Å². The van der Waals surface area contributed by atoms with Gasteiger partial charge >= 0.3 is 0 Å². The van der Waals surface area contributed by atoms with Gasteiger partial charge in [-0.1, -0.05) is 0 Å². The number of carbonyl (C=O) groups is 1. The maximum atomic E-state index is 13.6. The highest BCUT2D eigenvalue weighted by Gasteiger charge is 2.32. The summed E-state index contributed by atoms with van der Waals surface area (Å²) in [6.45, 7) is 0.447. The number of amides is 1. The summed E-state index contributed by atoms with van der Waals surface area (Å²) in [7, 11) is 0. The van der Waals surface area contributed by atoms with Crippen molar-refractivity contribution in [1.82, 2.24) is 4.98 Å². The third-order valence-corrected chi connectivity index (χ3v) is 2.79. The second-order valence-corrected chi connectivity index (χ2v) is 3.91. The van der Waals surface area contributed by atoms with Crippen LogP contribution in [-0.2, 0) is 4.79 Å². The van der Waals surface area contributed by atoms with Crippen molar-refractivity contribution < 1.29 is 13.6 Å². The number of aromatic nitrogens is 1. The molecule has 0 aromatic carbocycles. The number of pyridine rings is 1. The molecule has 7 heteroatoms. The minimum absolute atomic E-state index is 0.120. The van der Waals surface area contributed by atoms with E-state index < -0.39 is 29.4 Å². The average molecular weight is 242 g/mol. The molecule has 1 fully saturated rings. The molecule has 2 heterocycles. The van der Waals surface area contributed by atoms with Gasteiger partial charge < -0.3 is 16.4 Å². The number of carbonyl (C=O) groups excluding carboxylic acids is 1. The van der Waals surface area contributed by atoms with Crippen molar-refractivity contribution in [3.8, 4) is 0 Å². The first-order valence-corrected chi connectivity index (χ1v) is 5.18. The number of hydrogen-bond donors (Lipinski definition) is 2. The van der Waals surface area contributed by atoms with Crippen LogP contribution in [0.3, 0.4) is 0 Å². The number of primary amides is 1. The lowest BCUT2D eigenvalue weighted by Gasteiger charge is -2.23. The summed E-state index contributed by atoms with van der Waals surface area (Å²) in [4.78, 5) is 16.2. The minimum atomic E-state index is -0.916. The number of hydrogen-bond acceptors (Lipinski definition) is 4. The van der Waals surface area contributed by atoms with Gasteiger partial charge in [-0.2, -0.15) is 0 Å². The Morgan fingerprint density at radius 3 is 2.82 bits per heavy atom. The van der Waals surface area contributed by atoms with E-state index in [4.69, 9.17) is 11.5 Å². The van der Waals surface area contributed by atoms with Crippen molar-refractivity contribution in [2.75, 3.05) is 17.2 Å². The normalized spacial score (nSPS) is 19.6. The summed E-state index contributed by atoms with van der Waals surface area (Å²) in [6, 6.07) is 0.0514. The lowest BCUT2D eigenvalue weighted by molar-refractivity contribution is -0.119. The summed E-state index contributed by atoms with van der Waals surface area (Å²) in [6.07, 6.45) is 1.24. The molecule has 1 aliphatic heterocycles. The van der Waals surface area contributed by atoms with E-state index >= 15 is 0 Å². The molecule has 0 radical (unpaired) electrons. The number of nitrogens with zero attached hydrogens (tertiary/aromatic N) is 2. The number of nitrogen functional groups attached to an aromatic ring is 1. The van der Waals surface area contributed by atoms with Crippen LogP contribution in [0.5, 0.6) is 0 Å². The second kappa shape index (κ2) is 4.15. The van der Waals surface area contributed by atoms with Crippen molar-refractivity contribution in [2.24, 2.45) is 5.73 Å². The van der Waals surface area contributed by atoms with Gasteiger partial charge in [0.25, 0.3) is 0 Å². The largest absolute Gasteiger partial charge is 0.381 e. The molecule has 1 amide bonds. The van der Waals surface area contributed by atoms with Gasteiger partial charge in [-0.3, -0.25) is 4.79 Å². The second-order valence-electron chi connectivity index (χ2n) is 3.91. The summed E-state index contributed by atoms with van der Waals surface area (Å²) < 4.78 is 26.5. The maximum Gasteiger partial charge on any atom is 0.240 e. The molecule has 92 valence electrons. The molecule has 4 N–H and O–H groups in total. The van der Waals surface area contributed by atoms with E-state index in [0.29, 0.717) is 25.5 Å². The molecule has 1 saturated heterocycles. The van der Waals surface area contributed by atoms with Crippen LogP contribution in [0.2, 0.25) is 0 Å². The topological polar surface area (TPSA) is 85.2 Å². The van der Waals surface area contributed by atoms with E-state index in [1.54, 1.807) is 0 Å². The fraction of sp³-hybridized carbons (Fsp3) is 0.400. The Morgan fingerprint density at radius 1 is 1.47 bits per heavy atom. The van der Waals surface area contributed by atoms with Gasteiger partial charge in [-0.05, 0) is 12.8 Å². The third-order valence-electron chi connectivity index (χ3n) is 2.79. The molecular formula is C10H12F2N4O. The zero-order valence-electron chi connectivity index (χ0n) is 8.99. The van der Waals surface area contributed by atoms with Crippen LogP contribution in [-0.4, -0.2) is 23.5 Å². The van der Waals surface area contributed by atoms with E-state index in [1.807, 2.05) is 0 Å². The Labute approximate surface area is 96.4 Å². The van der Waals surface area contributed by atoms with Crippen LogP contribution in [0.1, 0.15) is 12.8 Å². The van der Waals surface area contributed by atoms with E-state index in [0.717, 1.165) is 0 Å². The Hall–Kier alpha value is -1.92. The maximum absolute atomic E-state index is 13.6. The summed E-state index contributed by atoms with van der Waals surface area (Å²) in [5.41, 5.74) is 10.5. The van der Waals surface area contributed by atoms with Gasteiger partial charge in [-0.15, -0.1) is 0 Å². The fourth-order valence-electron chi connectivity index (χ4n) is 1.99. The summed E-state index contributed by atoms with van der Waals surface area (Å²) in [5.74, 6) is -2.82. The lowest BCUT2D eigenvalue weighted by Crippen LogP contribution is -2.41. The van der Waals surface area contributed by atoms with E-state index in [1.165, 1.54) is 4.90 Å². The van der Waals surface area contributed by atoms with Gasteiger partial charge in [0.15, 0.2) is 23.3 Å². The molecule has 1 aliphatic rings. The number of anilines is 2. The Bertz CT molecular complexity index is 466. The van der Waals surface area contributed by atoms with Crippen LogP contribution < -0.4 is 16.4 Å². The highest BCUT2D eigenvalue weighted by Crippen LogP contribution is 2.27. The molecule has 1 unspecified atom stereocenters. The van der Waals surface area contributed by atoms with Crippen molar-refractivity contribution in [2.45, 2.75) is 18.9 Å². The molecule has 2 rings (SSSR count). The molecule has 0 aliphatic carbocycles. The molecule has 0 spiro atoms. The van der Waals surface area contributed by atoms with Crippen molar-refractivity contribution in [3.05, 3.63) is 17.7 Å². The van der Waals surface area contributed by atoms with Crippen molar-refractivity contribution in [1.29, 1.82) is 0 Å². The molecule has 1 atom stereocenters. The van der Waals surface area contributed by atoms with E-state index in [9.17, 15) is 13.6 Å². The number of rotatable bonds is 2. The van der Waals surface area contributed by atoms with Gasteiger partial charge in [0.2, 0.25) is 5.91 Å². The predicted molar refractivity (Wildman–Crippen MR) is 58.1 cm³/mol. The first-order valence-electron chi connectivity index (χ1n) is 5.18. The molecule has 5 nitrogen and oxygen atoms in total. The Kier molecular flexibility index (Phi) is 2.83. The van der Waals surface area contributed by atoms with E-state index in [-0.39, 0.29) is 5.82 Å². The Morgan fingerprint density at radius 2 is 2.18 bits per heavy atom. The molecule has 0 bridgehead atoms. The quantitative estimate of drug-likeness (QED) is 0.785. The Balaban J connectivity index is 2.40. The lowest BCUT2D eigenvalue weighted by atomic mass is 10.2. The zero-order chi connectivity index (χ0) is 12.6. The molecule has 17 heavy (non-hydrogen) atoms. The predicted octanol–water partition coefficient (Wildman–Crippen LogP) is 0.396. The minimum Gasteiger partial charge on any atom is -0.381 e. The van der Waals surface area contributed by atoms with Crippen molar-refractivity contribution >= 4 is 17.5 Å². The monoisotopic (exact) mass is 242 g/mol. The van der Waals surface area contributed by atoms with Crippen LogP contribution in [0.25, 0.3) is 0 Å². The first-order chi connectivity index (χ1) is 8.00. The van der Waals surface area contributed by atoms with Gasteiger partial charge in [0, 0.05) is 12.6 Å². The first kappa shape index (κ1) is 11.6. The summed E-state index contributed by atoms with van der Waals surface area (Å²) in [5, 5.41) is 0. The van der Waals surface area contributed by atoms with Crippen molar-refractivity contribution in [3.63, 3.8) is 0 Å². The van der Waals surface area contributed by atoms with Crippen LogP contribution in [0.4, 0.5) is 20.4 Å². The van der Waals surface area contributed by atoms with Gasteiger partial charge in [0.1, 0.15) is 6.04 Å². The zero-order valence-corrected chi connectivity index (χ0v) is 8.99. The molecule has 1 aromatic rings. The highest BCUT2D eigenvalue weighted by atomic mass is 19.1. The number of halogens is 2. The standard InChI is InChI=1S/C10H12F2N4O/c11-5-4-6(12)10(15-8(5)13)16-3-1-2-7(16)9(14)17/h4,7H,1-3H2,(H2,13,15)(H2,14,17). The fourth-order valence-corrected chi connectivity index (χ4v) is 1.99. The van der Waals surface area contributed by atoms with E-state index in [2.05, 4.69) is 4.98 Å². The summed E-state index contributed by atoms with van der Waals surface area (Å²) >= 11 is 0. The van der Waals surface area contributed by atoms with Gasteiger partial charge in [0.05, 0.1) is 0 Å². The van der Waals surface area contributed by atoms with Crippen LogP contribution in [0.15, 0.2) is 6.07 Å². The molecule has 0 saturated carbocycles. The molecule has 1 aromatic heterocycles. The molecular weight excluding hydrogens is 230 g/mol.